The van der Waals surface area contributed by atoms with Gasteiger partial charge >= 0.3 is 5.97 Å². The molecule has 0 atom stereocenters. The summed E-state index contributed by atoms with van der Waals surface area (Å²) < 4.78 is 21.2. The maximum Gasteiger partial charge on any atom is 0.305 e. The molecular formula is C22H44O5. The molecule has 0 aromatic heterocycles. The van der Waals surface area contributed by atoms with Gasteiger partial charge in [-0.25, -0.2) is 0 Å². The van der Waals surface area contributed by atoms with Crippen LogP contribution in [0.5, 0.6) is 0 Å². The summed E-state index contributed by atoms with van der Waals surface area (Å²) in [5.41, 5.74) is 0. The van der Waals surface area contributed by atoms with Crippen LogP contribution in [0.25, 0.3) is 0 Å². The van der Waals surface area contributed by atoms with Gasteiger partial charge in [-0.2, -0.15) is 0 Å². The molecule has 0 aromatic carbocycles. The Morgan fingerprint density at radius 2 is 1.15 bits per heavy atom. The summed E-state index contributed by atoms with van der Waals surface area (Å²) in [5.74, 6) is 0.713. The van der Waals surface area contributed by atoms with Crippen molar-refractivity contribution < 1.29 is 23.7 Å². The number of ether oxygens (including phenoxy) is 4. The molecule has 0 unspecified atom stereocenters. The van der Waals surface area contributed by atoms with Crippen molar-refractivity contribution in [1.29, 1.82) is 0 Å². The van der Waals surface area contributed by atoms with Crippen LogP contribution in [0.15, 0.2) is 0 Å². The molecule has 0 heterocycles. The zero-order chi connectivity index (χ0) is 20.0. The first-order valence-electron chi connectivity index (χ1n) is 11.1. The van der Waals surface area contributed by atoms with Crippen molar-refractivity contribution >= 4 is 5.97 Å². The van der Waals surface area contributed by atoms with Gasteiger partial charge in [0, 0.05) is 13.0 Å². The van der Waals surface area contributed by atoms with Gasteiger partial charge in [-0.05, 0) is 18.8 Å². The van der Waals surface area contributed by atoms with E-state index < -0.39 is 0 Å². The molecule has 0 saturated carbocycles. The van der Waals surface area contributed by atoms with E-state index in [1.54, 1.807) is 0 Å². The fourth-order valence-electron chi connectivity index (χ4n) is 2.68. The lowest BCUT2D eigenvalue weighted by atomic mass is 10.0. The van der Waals surface area contributed by atoms with Gasteiger partial charge in [0.25, 0.3) is 0 Å². The van der Waals surface area contributed by atoms with Gasteiger partial charge in [0.05, 0.1) is 33.0 Å². The average Bonchev–Trinajstić information content (AvgIpc) is 2.64. The molecule has 0 N–H and O–H groups in total. The Balaban J connectivity index is 3.15. The van der Waals surface area contributed by atoms with Crippen molar-refractivity contribution in [3.8, 4) is 0 Å². The fourth-order valence-corrected chi connectivity index (χ4v) is 2.68. The molecular weight excluding hydrogens is 344 g/mol. The molecule has 0 aliphatic carbocycles. The molecule has 0 fully saturated rings. The number of hydrogen-bond donors (Lipinski definition) is 0. The first kappa shape index (κ1) is 26.4. The van der Waals surface area contributed by atoms with Crippen molar-refractivity contribution in [3.63, 3.8) is 0 Å². The Kier molecular flexibility index (Phi) is 21.1. The minimum atomic E-state index is -0.111. The van der Waals surface area contributed by atoms with Crippen LogP contribution in [0.4, 0.5) is 0 Å². The highest BCUT2D eigenvalue weighted by atomic mass is 16.6. The summed E-state index contributed by atoms with van der Waals surface area (Å²) in [4.78, 5) is 11.6. The predicted octanol–water partition coefficient (Wildman–Crippen LogP) is 5.16. The lowest BCUT2D eigenvalue weighted by molar-refractivity contribution is -0.145. The third kappa shape index (κ3) is 23.3. The number of hydrogen-bond acceptors (Lipinski definition) is 5. The first-order valence-corrected chi connectivity index (χ1v) is 11.1. The highest BCUT2D eigenvalue weighted by Crippen LogP contribution is 2.12. The lowest BCUT2D eigenvalue weighted by Crippen LogP contribution is -2.14. The van der Waals surface area contributed by atoms with Gasteiger partial charge in [-0.15, -0.1) is 0 Å². The van der Waals surface area contributed by atoms with Crippen LogP contribution in [0.3, 0.4) is 0 Å². The Bertz CT molecular complexity index is 307. The average molecular weight is 389 g/mol. The van der Waals surface area contributed by atoms with E-state index in [0.717, 1.165) is 31.8 Å². The zero-order valence-corrected chi connectivity index (χ0v) is 18.1. The van der Waals surface area contributed by atoms with Gasteiger partial charge in [-0.3, -0.25) is 4.79 Å². The van der Waals surface area contributed by atoms with Crippen molar-refractivity contribution in [2.24, 2.45) is 5.92 Å². The van der Waals surface area contributed by atoms with Crippen LogP contribution in [0.2, 0.25) is 0 Å². The minimum absolute atomic E-state index is 0.111. The summed E-state index contributed by atoms with van der Waals surface area (Å²) in [6.07, 6.45) is 11.5. The van der Waals surface area contributed by atoms with Crippen LogP contribution in [-0.2, 0) is 23.7 Å². The predicted molar refractivity (Wildman–Crippen MR) is 110 cm³/mol. The van der Waals surface area contributed by atoms with Crippen LogP contribution >= 0.6 is 0 Å². The fraction of sp³-hybridized carbons (Fsp3) is 0.955. The van der Waals surface area contributed by atoms with E-state index in [1.807, 2.05) is 0 Å². The van der Waals surface area contributed by atoms with E-state index in [4.69, 9.17) is 18.9 Å². The molecule has 27 heavy (non-hydrogen) atoms. The zero-order valence-electron chi connectivity index (χ0n) is 18.1. The SMILES string of the molecule is CCCOCCOCCOCCOC(=O)CCCCCCCCCC(C)C. The third-order valence-corrected chi connectivity index (χ3v) is 4.25. The number of carbonyl (C=O) groups excluding carboxylic acids is 1. The van der Waals surface area contributed by atoms with Crippen molar-refractivity contribution in [2.75, 3.05) is 46.2 Å². The highest BCUT2D eigenvalue weighted by molar-refractivity contribution is 5.69. The smallest absolute Gasteiger partial charge is 0.305 e. The monoisotopic (exact) mass is 388 g/mol. The Hall–Kier alpha value is -0.650. The molecule has 0 aliphatic rings. The maximum absolute atomic E-state index is 11.6. The van der Waals surface area contributed by atoms with E-state index in [0.29, 0.717) is 46.1 Å². The van der Waals surface area contributed by atoms with Crippen molar-refractivity contribution in [1.82, 2.24) is 0 Å². The molecule has 0 spiro atoms. The van der Waals surface area contributed by atoms with E-state index in [9.17, 15) is 4.79 Å². The van der Waals surface area contributed by atoms with E-state index >= 15 is 0 Å². The second kappa shape index (κ2) is 21.6. The summed E-state index contributed by atoms with van der Waals surface area (Å²) in [5, 5.41) is 0. The van der Waals surface area contributed by atoms with E-state index in [2.05, 4.69) is 20.8 Å². The minimum Gasteiger partial charge on any atom is -0.463 e. The molecule has 0 amide bonds. The molecule has 0 radical (unpaired) electrons. The second-order valence-electron chi connectivity index (χ2n) is 7.46. The normalized spacial score (nSPS) is 11.3. The van der Waals surface area contributed by atoms with Gasteiger partial charge in [0.2, 0.25) is 0 Å². The summed E-state index contributed by atoms with van der Waals surface area (Å²) in [6.45, 7) is 10.5. The van der Waals surface area contributed by atoms with Gasteiger partial charge in [0.15, 0.2) is 0 Å². The number of unbranched alkanes of at least 4 members (excludes halogenated alkanes) is 6. The molecule has 5 heteroatoms. The second-order valence-corrected chi connectivity index (χ2v) is 7.46. The number of esters is 1. The summed E-state index contributed by atoms with van der Waals surface area (Å²) in [6, 6.07) is 0. The molecule has 0 saturated heterocycles. The third-order valence-electron chi connectivity index (χ3n) is 4.25. The standard InChI is InChI=1S/C22H44O5/c1-4-14-24-15-16-25-17-18-26-19-20-27-22(23)13-11-9-7-5-6-8-10-12-21(2)3/h21H,4-20H2,1-3H3. The van der Waals surface area contributed by atoms with Gasteiger partial charge in [0.1, 0.15) is 6.61 Å². The number of rotatable bonds is 21. The van der Waals surface area contributed by atoms with Crippen LogP contribution in [0.1, 0.15) is 85.0 Å². The van der Waals surface area contributed by atoms with Gasteiger partial charge in [-0.1, -0.05) is 65.7 Å². The molecule has 0 aliphatic heterocycles. The molecule has 0 aromatic rings. The van der Waals surface area contributed by atoms with Crippen molar-refractivity contribution in [3.05, 3.63) is 0 Å². The molecule has 0 bridgehead atoms. The van der Waals surface area contributed by atoms with E-state index in [1.165, 1.54) is 38.5 Å². The maximum atomic E-state index is 11.6. The van der Waals surface area contributed by atoms with E-state index in [-0.39, 0.29) is 5.97 Å². The molecule has 5 nitrogen and oxygen atoms in total. The van der Waals surface area contributed by atoms with Crippen LogP contribution in [-0.4, -0.2) is 52.2 Å². The van der Waals surface area contributed by atoms with Gasteiger partial charge < -0.3 is 18.9 Å². The number of carbonyl (C=O) groups is 1. The Morgan fingerprint density at radius 3 is 1.70 bits per heavy atom. The topological polar surface area (TPSA) is 54.0 Å². The summed E-state index contributed by atoms with van der Waals surface area (Å²) >= 11 is 0. The first-order chi connectivity index (χ1) is 13.2. The Labute approximate surface area is 167 Å². The van der Waals surface area contributed by atoms with Crippen LogP contribution in [0, 0.1) is 5.92 Å². The largest absolute Gasteiger partial charge is 0.463 e. The molecule has 0 rings (SSSR count). The lowest BCUT2D eigenvalue weighted by Gasteiger charge is -2.07. The van der Waals surface area contributed by atoms with Crippen molar-refractivity contribution in [2.45, 2.75) is 85.0 Å². The molecule has 162 valence electrons. The summed E-state index contributed by atoms with van der Waals surface area (Å²) in [7, 11) is 0. The highest BCUT2D eigenvalue weighted by Gasteiger charge is 2.02. The quantitative estimate of drug-likeness (QED) is 0.201. The van der Waals surface area contributed by atoms with Crippen LogP contribution < -0.4 is 0 Å². The Morgan fingerprint density at radius 1 is 0.667 bits per heavy atom.